The number of nitrogens with one attached hydrogen (secondary N) is 1. The molecule has 1 atom stereocenters. The van der Waals surface area contributed by atoms with E-state index in [0.29, 0.717) is 5.57 Å². The van der Waals surface area contributed by atoms with Gasteiger partial charge in [-0.1, -0.05) is 26.8 Å². The van der Waals surface area contributed by atoms with Crippen LogP contribution >= 0.6 is 0 Å². The lowest BCUT2D eigenvalue weighted by Crippen LogP contribution is -2.53. The normalized spacial score (nSPS) is 26.4. The van der Waals surface area contributed by atoms with E-state index in [1.54, 1.807) is 0 Å². The van der Waals surface area contributed by atoms with Crippen LogP contribution in [-0.2, 0) is 9.59 Å². The maximum Gasteiger partial charge on any atom is 0.255 e. The summed E-state index contributed by atoms with van der Waals surface area (Å²) in [6.07, 6.45) is 6.80. The lowest BCUT2D eigenvalue weighted by Gasteiger charge is -2.39. The minimum atomic E-state index is -0.561. The van der Waals surface area contributed by atoms with Gasteiger partial charge >= 0.3 is 0 Å². The van der Waals surface area contributed by atoms with Crippen LogP contribution in [0.25, 0.3) is 0 Å². The van der Waals surface area contributed by atoms with Crippen LogP contribution in [0.2, 0.25) is 0 Å². The molecule has 17 heavy (non-hydrogen) atoms. The smallest absolute Gasteiger partial charge is 0.255 e. The monoisotopic (exact) mass is 234 g/mol. The van der Waals surface area contributed by atoms with Crippen LogP contribution in [0.3, 0.4) is 0 Å². The summed E-state index contributed by atoms with van der Waals surface area (Å²) >= 11 is 0. The number of nitrogens with zero attached hydrogens (tertiary/aromatic N) is 1. The highest BCUT2D eigenvalue weighted by Crippen LogP contribution is 2.39. The van der Waals surface area contributed by atoms with Crippen LogP contribution in [-0.4, -0.2) is 23.3 Å². The summed E-state index contributed by atoms with van der Waals surface area (Å²) < 4.78 is 0. The van der Waals surface area contributed by atoms with Crippen molar-refractivity contribution in [2.45, 2.75) is 27.2 Å². The van der Waals surface area contributed by atoms with Crippen LogP contribution in [0, 0.1) is 11.3 Å². The SMILES string of the molecule is CCCN1C=CC2C(=C1)C(=O)NC(=O)C2(C)C. The Morgan fingerprint density at radius 3 is 2.76 bits per heavy atom. The molecule has 1 saturated heterocycles. The van der Waals surface area contributed by atoms with Gasteiger partial charge in [0.05, 0.1) is 5.41 Å². The predicted molar refractivity (Wildman–Crippen MR) is 64.6 cm³/mol. The number of rotatable bonds is 2. The molecule has 0 radical (unpaired) electrons. The van der Waals surface area contributed by atoms with Crippen molar-refractivity contribution in [3.05, 3.63) is 24.0 Å². The molecule has 0 aromatic heterocycles. The van der Waals surface area contributed by atoms with Gasteiger partial charge in [0.1, 0.15) is 0 Å². The second kappa shape index (κ2) is 4.02. The van der Waals surface area contributed by atoms with Crippen LogP contribution in [0.5, 0.6) is 0 Å². The summed E-state index contributed by atoms with van der Waals surface area (Å²) in [5.74, 6) is -0.570. The van der Waals surface area contributed by atoms with Crippen molar-refractivity contribution >= 4 is 11.8 Å². The molecule has 2 aliphatic heterocycles. The van der Waals surface area contributed by atoms with Gasteiger partial charge in [-0.05, 0) is 6.42 Å². The van der Waals surface area contributed by atoms with Crippen molar-refractivity contribution in [2.75, 3.05) is 6.54 Å². The fourth-order valence-corrected chi connectivity index (χ4v) is 2.31. The minimum absolute atomic E-state index is 0.114. The largest absolute Gasteiger partial charge is 0.354 e. The highest BCUT2D eigenvalue weighted by molar-refractivity contribution is 6.10. The molecule has 92 valence electrons. The summed E-state index contributed by atoms with van der Waals surface area (Å²) in [6.45, 7) is 6.71. The van der Waals surface area contributed by atoms with E-state index in [0.717, 1.165) is 13.0 Å². The lowest BCUT2D eigenvalue weighted by molar-refractivity contribution is -0.139. The number of hydrogen-bond acceptors (Lipinski definition) is 3. The van der Waals surface area contributed by atoms with E-state index in [9.17, 15) is 9.59 Å². The van der Waals surface area contributed by atoms with Gasteiger partial charge in [0.2, 0.25) is 5.91 Å². The van der Waals surface area contributed by atoms with E-state index in [4.69, 9.17) is 0 Å². The van der Waals surface area contributed by atoms with E-state index in [-0.39, 0.29) is 17.7 Å². The Bertz CT molecular complexity index is 421. The molecule has 2 rings (SSSR count). The van der Waals surface area contributed by atoms with E-state index in [2.05, 4.69) is 12.2 Å². The van der Waals surface area contributed by atoms with E-state index in [1.165, 1.54) is 0 Å². The van der Waals surface area contributed by atoms with Crippen molar-refractivity contribution in [2.24, 2.45) is 11.3 Å². The molecule has 0 bridgehead atoms. The van der Waals surface area contributed by atoms with Gasteiger partial charge in [-0.15, -0.1) is 0 Å². The summed E-state index contributed by atoms with van der Waals surface area (Å²) in [5, 5.41) is 2.42. The van der Waals surface area contributed by atoms with Crippen molar-refractivity contribution in [3.8, 4) is 0 Å². The number of fused-ring (bicyclic) bond motifs is 1. The number of imide groups is 1. The maximum atomic E-state index is 11.8. The number of amides is 2. The molecular weight excluding hydrogens is 216 g/mol. The molecule has 2 amide bonds. The highest BCUT2D eigenvalue weighted by atomic mass is 16.2. The molecule has 0 spiro atoms. The first-order valence-electron chi connectivity index (χ1n) is 5.98. The summed E-state index contributed by atoms with van der Waals surface area (Å²) in [5.41, 5.74) is 0.125. The molecule has 4 nitrogen and oxygen atoms in total. The summed E-state index contributed by atoms with van der Waals surface area (Å²) in [7, 11) is 0. The number of allylic oxidation sites excluding steroid dienone is 1. The van der Waals surface area contributed by atoms with Crippen molar-refractivity contribution < 1.29 is 9.59 Å². The molecule has 0 aromatic rings. The second-order valence-corrected chi connectivity index (χ2v) is 5.15. The Kier molecular flexibility index (Phi) is 2.81. The number of carbonyl (C=O) groups excluding carboxylic acids is 2. The summed E-state index contributed by atoms with van der Waals surface area (Å²) in [6, 6.07) is 0. The average Bonchev–Trinajstić information content (AvgIpc) is 2.27. The van der Waals surface area contributed by atoms with Gasteiger partial charge in [-0.25, -0.2) is 0 Å². The van der Waals surface area contributed by atoms with E-state index < -0.39 is 5.41 Å². The first-order chi connectivity index (χ1) is 7.96. The third-order valence-corrected chi connectivity index (χ3v) is 3.44. The number of piperidine rings is 1. The maximum absolute atomic E-state index is 11.8. The zero-order valence-corrected chi connectivity index (χ0v) is 10.5. The van der Waals surface area contributed by atoms with Gasteiger partial charge in [-0.2, -0.15) is 0 Å². The first-order valence-corrected chi connectivity index (χ1v) is 5.98. The molecule has 0 aliphatic carbocycles. The Labute approximate surface area is 101 Å². The van der Waals surface area contributed by atoms with Crippen molar-refractivity contribution in [1.29, 1.82) is 0 Å². The molecule has 0 aromatic carbocycles. The van der Waals surface area contributed by atoms with Crippen LogP contribution in [0.1, 0.15) is 27.2 Å². The minimum Gasteiger partial charge on any atom is -0.354 e. The van der Waals surface area contributed by atoms with Gasteiger partial charge in [0.15, 0.2) is 0 Å². The van der Waals surface area contributed by atoms with Crippen LogP contribution < -0.4 is 5.32 Å². The van der Waals surface area contributed by atoms with Crippen molar-refractivity contribution in [3.63, 3.8) is 0 Å². The first kappa shape index (κ1) is 11.9. The fraction of sp³-hybridized carbons (Fsp3) is 0.538. The average molecular weight is 234 g/mol. The third-order valence-electron chi connectivity index (χ3n) is 3.44. The quantitative estimate of drug-likeness (QED) is 0.735. The highest BCUT2D eigenvalue weighted by Gasteiger charge is 2.45. The molecule has 4 heteroatoms. The van der Waals surface area contributed by atoms with E-state index in [1.807, 2.05) is 37.2 Å². The van der Waals surface area contributed by atoms with Crippen molar-refractivity contribution in [1.82, 2.24) is 10.2 Å². The van der Waals surface area contributed by atoms with Crippen LogP contribution in [0.4, 0.5) is 0 Å². The van der Waals surface area contributed by atoms with Gasteiger partial charge < -0.3 is 4.90 Å². The zero-order chi connectivity index (χ0) is 12.6. The third kappa shape index (κ3) is 1.88. The molecule has 1 fully saturated rings. The molecule has 2 aliphatic rings. The van der Waals surface area contributed by atoms with E-state index >= 15 is 0 Å². The second-order valence-electron chi connectivity index (χ2n) is 5.15. The Morgan fingerprint density at radius 2 is 2.12 bits per heavy atom. The Balaban J connectivity index is 2.33. The van der Waals surface area contributed by atoms with Crippen LogP contribution in [0.15, 0.2) is 24.0 Å². The molecular formula is C13H18N2O2. The van der Waals surface area contributed by atoms with Gasteiger partial charge in [0.25, 0.3) is 5.91 Å². The molecule has 1 N–H and O–H groups in total. The van der Waals surface area contributed by atoms with Gasteiger partial charge in [0, 0.05) is 30.4 Å². The molecule has 1 unspecified atom stereocenters. The molecule has 2 heterocycles. The number of hydrogen-bond donors (Lipinski definition) is 1. The summed E-state index contributed by atoms with van der Waals surface area (Å²) in [4.78, 5) is 25.6. The Morgan fingerprint density at radius 1 is 1.41 bits per heavy atom. The zero-order valence-electron chi connectivity index (χ0n) is 10.5. The Hall–Kier alpha value is -1.58. The predicted octanol–water partition coefficient (Wildman–Crippen LogP) is 1.41. The topological polar surface area (TPSA) is 49.4 Å². The fourth-order valence-electron chi connectivity index (χ4n) is 2.31. The lowest BCUT2D eigenvalue weighted by atomic mass is 9.70. The van der Waals surface area contributed by atoms with Gasteiger partial charge in [-0.3, -0.25) is 14.9 Å². The standard InChI is InChI=1S/C13H18N2O2/c1-4-6-15-7-5-10-9(8-15)11(16)14-12(17)13(10,2)3/h5,7-8,10H,4,6H2,1-3H3,(H,14,16,17). The molecule has 0 saturated carbocycles. The number of carbonyl (C=O) groups is 2.